The van der Waals surface area contributed by atoms with Gasteiger partial charge in [-0.25, -0.2) is 4.79 Å². The van der Waals surface area contributed by atoms with Crippen molar-refractivity contribution in [1.82, 2.24) is 15.1 Å². The molecule has 0 aliphatic carbocycles. The quantitative estimate of drug-likeness (QED) is 0.581. The number of rotatable bonds is 4. The second kappa shape index (κ2) is 6.80. The fourth-order valence-corrected chi connectivity index (χ4v) is 2.88. The van der Waals surface area contributed by atoms with Gasteiger partial charge in [0.15, 0.2) is 0 Å². The SMILES string of the molecule is NC(=O)C1CCN(C=C2C(=O)NC(=O)N(Cc3ccco3)C2=O)CC1. The molecule has 5 amide bonds. The molecule has 0 unspecified atom stereocenters. The van der Waals surface area contributed by atoms with Crippen molar-refractivity contribution in [3.8, 4) is 0 Å². The number of nitrogens with zero attached hydrogens (tertiary/aromatic N) is 2. The monoisotopic (exact) mass is 346 g/mol. The smallest absolute Gasteiger partial charge is 0.331 e. The first-order valence-electron chi connectivity index (χ1n) is 7.90. The molecule has 3 rings (SSSR count). The standard InChI is InChI=1S/C16H18N4O5/c17-13(21)10-3-5-19(6-4-10)9-12-14(22)18-16(24)20(15(12)23)8-11-2-1-7-25-11/h1-2,7,9-10H,3-6,8H2,(H2,17,21)(H,18,22,24). The molecule has 3 N–H and O–H groups in total. The lowest BCUT2D eigenvalue weighted by molar-refractivity contribution is -0.131. The number of likely N-dealkylation sites (tertiary alicyclic amines) is 1. The second-order valence-electron chi connectivity index (χ2n) is 5.99. The first-order valence-corrected chi connectivity index (χ1v) is 7.90. The number of hydrogen-bond acceptors (Lipinski definition) is 6. The lowest BCUT2D eigenvalue weighted by Crippen LogP contribution is -2.54. The van der Waals surface area contributed by atoms with Crippen molar-refractivity contribution in [1.29, 1.82) is 0 Å². The fraction of sp³-hybridized carbons (Fsp3) is 0.375. The summed E-state index contributed by atoms with van der Waals surface area (Å²) in [5.74, 6) is -1.51. The van der Waals surface area contributed by atoms with Crippen LogP contribution >= 0.6 is 0 Å². The first-order chi connectivity index (χ1) is 12.0. The van der Waals surface area contributed by atoms with Gasteiger partial charge >= 0.3 is 6.03 Å². The van der Waals surface area contributed by atoms with Gasteiger partial charge in [0.05, 0.1) is 12.8 Å². The van der Waals surface area contributed by atoms with Crippen molar-refractivity contribution in [2.75, 3.05) is 13.1 Å². The minimum atomic E-state index is -0.781. The van der Waals surface area contributed by atoms with E-state index in [1.165, 1.54) is 12.5 Å². The summed E-state index contributed by atoms with van der Waals surface area (Å²) in [6.45, 7) is 0.944. The van der Waals surface area contributed by atoms with Crippen LogP contribution in [-0.2, 0) is 20.9 Å². The zero-order valence-corrected chi connectivity index (χ0v) is 13.4. The molecule has 0 saturated carbocycles. The van der Waals surface area contributed by atoms with Gasteiger partial charge in [-0.3, -0.25) is 24.6 Å². The second-order valence-corrected chi connectivity index (χ2v) is 5.99. The molecule has 3 heterocycles. The molecule has 9 heteroatoms. The molecule has 0 atom stereocenters. The molecule has 9 nitrogen and oxygen atoms in total. The van der Waals surface area contributed by atoms with Gasteiger partial charge in [0.1, 0.15) is 11.3 Å². The van der Waals surface area contributed by atoms with Crippen molar-refractivity contribution in [3.05, 3.63) is 35.9 Å². The van der Waals surface area contributed by atoms with Crippen LogP contribution in [0.3, 0.4) is 0 Å². The number of furan rings is 1. The van der Waals surface area contributed by atoms with Crippen LogP contribution in [0.4, 0.5) is 4.79 Å². The molecule has 2 aliphatic rings. The minimum absolute atomic E-state index is 0.0635. The molecule has 0 radical (unpaired) electrons. The van der Waals surface area contributed by atoms with Gasteiger partial charge in [0.25, 0.3) is 11.8 Å². The number of imide groups is 2. The third kappa shape index (κ3) is 3.54. The Labute approximate surface area is 143 Å². The van der Waals surface area contributed by atoms with E-state index >= 15 is 0 Å². The largest absolute Gasteiger partial charge is 0.467 e. The van der Waals surface area contributed by atoms with E-state index in [2.05, 4.69) is 5.32 Å². The lowest BCUT2D eigenvalue weighted by atomic mass is 9.96. The summed E-state index contributed by atoms with van der Waals surface area (Å²) >= 11 is 0. The highest BCUT2D eigenvalue weighted by Crippen LogP contribution is 2.20. The average Bonchev–Trinajstić information content (AvgIpc) is 3.09. The minimum Gasteiger partial charge on any atom is -0.467 e. The third-order valence-electron chi connectivity index (χ3n) is 4.32. The summed E-state index contributed by atoms with van der Waals surface area (Å²) in [4.78, 5) is 50.4. The van der Waals surface area contributed by atoms with Gasteiger partial charge in [-0.1, -0.05) is 0 Å². The number of piperidine rings is 1. The van der Waals surface area contributed by atoms with Crippen LogP contribution in [0, 0.1) is 5.92 Å². The topological polar surface area (TPSA) is 126 Å². The van der Waals surface area contributed by atoms with Gasteiger partial charge < -0.3 is 15.1 Å². The summed E-state index contributed by atoms with van der Waals surface area (Å²) in [6.07, 6.45) is 4.00. The van der Waals surface area contributed by atoms with E-state index in [9.17, 15) is 19.2 Å². The third-order valence-corrected chi connectivity index (χ3v) is 4.32. The van der Waals surface area contributed by atoms with Crippen LogP contribution in [0.5, 0.6) is 0 Å². The lowest BCUT2D eigenvalue weighted by Gasteiger charge is -2.31. The number of barbiturate groups is 1. The normalized spacial score (nSPS) is 21.0. The van der Waals surface area contributed by atoms with Crippen molar-refractivity contribution >= 4 is 23.8 Å². The Morgan fingerprint density at radius 3 is 2.64 bits per heavy atom. The van der Waals surface area contributed by atoms with Crippen LogP contribution in [0.1, 0.15) is 18.6 Å². The molecule has 2 fully saturated rings. The predicted octanol–water partition coefficient (Wildman–Crippen LogP) is -0.0608. The van der Waals surface area contributed by atoms with Crippen LogP contribution in [-0.4, -0.2) is 46.6 Å². The van der Waals surface area contributed by atoms with Crippen LogP contribution in [0.25, 0.3) is 0 Å². The summed E-state index contributed by atoms with van der Waals surface area (Å²) in [5, 5.41) is 2.16. The molecule has 1 aromatic heterocycles. The van der Waals surface area contributed by atoms with Gasteiger partial charge in [0.2, 0.25) is 5.91 Å². The van der Waals surface area contributed by atoms with Gasteiger partial charge in [-0.05, 0) is 25.0 Å². The Kier molecular flexibility index (Phi) is 4.55. The Balaban J connectivity index is 1.73. The van der Waals surface area contributed by atoms with Crippen molar-refractivity contribution in [2.45, 2.75) is 19.4 Å². The Morgan fingerprint density at radius 1 is 1.32 bits per heavy atom. The summed E-state index contributed by atoms with van der Waals surface area (Å²) in [6, 6.07) is 2.50. The van der Waals surface area contributed by atoms with Crippen molar-refractivity contribution < 1.29 is 23.6 Å². The Morgan fingerprint density at radius 2 is 2.04 bits per heavy atom. The van der Waals surface area contributed by atoms with E-state index in [1.807, 2.05) is 0 Å². The molecule has 0 aromatic carbocycles. The molecule has 0 bridgehead atoms. The van der Waals surface area contributed by atoms with Crippen LogP contribution < -0.4 is 11.1 Å². The molecular weight excluding hydrogens is 328 g/mol. The highest BCUT2D eigenvalue weighted by Gasteiger charge is 2.37. The van der Waals surface area contributed by atoms with E-state index < -0.39 is 17.8 Å². The van der Waals surface area contributed by atoms with E-state index in [-0.39, 0.29) is 23.9 Å². The number of nitrogens with two attached hydrogens (primary N) is 1. The molecular formula is C16H18N4O5. The molecule has 1 aromatic rings. The highest BCUT2D eigenvalue weighted by atomic mass is 16.3. The Hall–Kier alpha value is -3.10. The van der Waals surface area contributed by atoms with Crippen LogP contribution in [0.15, 0.2) is 34.6 Å². The molecule has 0 spiro atoms. The molecule has 2 saturated heterocycles. The number of amides is 5. The zero-order valence-electron chi connectivity index (χ0n) is 13.4. The maximum atomic E-state index is 12.6. The highest BCUT2D eigenvalue weighted by molar-refractivity contribution is 6.28. The number of primary amides is 1. The number of urea groups is 1. The molecule has 132 valence electrons. The fourth-order valence-electron chi connectivity index (χ4n) is 2.88. The maximum Gasteiger partial charge on any atom is 0.331 e. The number of carbonyl (C=O) groups is 4. The maximum absolute atomic E-state index is 12.6. The zero-order chi connectivity index (χ0) is 18.0. The van der Waals surface area contributed by atoms with Crippen LogP contribution in [0.2, 0.25) is 0 Å². The Bertz CT molecular complexity index is 732. The number of carbonyl (C=O) groups excluding carboxylic acids is 4. The van der Waals surface area contributed by atoms with Gasteiger partial charge in [-0.15, -0.1) is 0 Å². The average molecular weight is 346 g/mol. The summed E-state index contributed by atoms with van der Waals surface area (Å²) in [5.41, 5.74) is 5.17. The van der Waals surface area contributed by atoms with Gasteiger partial charge in [0, 0.05) is 25.2 Å². The van der Waals surface area contributed by atoms with E-state index in [0.717, 1.165) is 4.90 Å². The first kappa shape index (κ1) is 16.7. The summed E-state index contributed by atoms with van der Waals surface area (Å²) in [7, 11) is 0. The number of nitrogens with one attached hydrogen (secondary N) is 1. The summed E-state index contributed by atoms with van der Waals surface area (Å²) < 4.78 is 5.15. The number of hydrogen-bond donors (Lipinski definition) is 2. The van der Waals surface area contributed by atoms with Crippen molar-refractivity contribution in [2.24, 2.45) is 11.7 Å². The van der Waals surface area contributed by atoms with E-state index in [4.69, 9.17) is 10.2 Å². The molecule has 2 aliphatic heterocycles. The van der Waals surface area contributed by atoms with Crippen molar-refractivity contribution in [3.63, 3.8) is 0 Å². The van der Waals surface area contributed by atoms with E-state index in [1.54, 1.807) is 17.0 Å². The molecule has 25 heavy (non-hydrogen) atoms. The predicted molar refractivity (Wildman–Crippen MR) is 84.4 cm³/mol. The van der Waals surface area contributed by atoms with Gasteiger partial charge in [-0.2, -0.15) is 0 Å². The van der Waals surface area contributed by atoms with E-state index in [0.29, 0.717) is 31.7 Å².